The molecular weight excluding hydrogens is 262 g/mol. The van der Waals surface area contributed by atoms with Crippen LogP contribution in [-0.4, -0.2) is 42.2 Å². The van der Waals surface area contributed by atoms with Crippen molar-refractivity contribution in [1.82, 2.24) is 15.2 Å². The van der Waals surface area contributed by atoms with E-state index in [1.807, 2.05) is 6.07 Å². The Morgan fingerprint density at radius 1 is 1.43 bits per heavy atom. The minimum atomic E-state index is 0.586. The summed E-state index contributed by atoms with van der Waals surface area (Å²) in [6.07, 6.45) is 4.58. The predicted octanol–water partition coefficient (Wildman–Crippen LogP) is 2.30. The van der Waals surface area contributed by atoms with Crippen molar-refractivity contribution < 1.29 is 4.74 Å². The predicted molar refractivity (Wildman–Crippen MR) is 84.3 cm³/mol. The van der Waals surface area contributed by atoms with Crippen LogP contribution >= 0.6 is 0 Å². The fourth-order valence-corrected chi connectivity index (χ4v) is 3.37. The Labute approximate surface area is 127 Å². The lowest BCUT2D eigenvalue weighted by Crippen LogP contribution is -2.58. The van der Waals surface area contributed by atoms with E-state index < -0.39 is 0 Å². The molecule has 1 saturated carbocycles. The standard InChI is InChI=1S/C17H27N3O/c1-12(2)15-11-20(16(9-19-15)13-6-7-13)10-14-5-4-8-18-17(14)21-3/h4-5,8,12-13,15-16,19H,6-7,9-11H2,1-3H3. The normalized spacial score (nSPS) is 27.0. The molecule has 1 aromatic heterocycles. The number of ether oxygens (including phenoxy) is 1. The number of hydrogen-bond donors (Lipinski definition) is 1. The summed E-state index contributed by atoms with van der Waals surface area (Å²) in [5.41, 5.74) is 1.20. The fraction of sp³-hybridized carbons (Fsp3) is 0.706. The molecule has 2 atom stereocenters. The molecule has 2 heterocycles. The molecule has 0 bridgehead atoms. The van der Waals surface area contributed by atoms with Crippen LogP contribution in [0.4, 0.5) is 0 Å². The Hall–Kier alpha value is -1.13. The van der Waals surface area contributed by atoms with E-state index in [1.54, 1.807) is 13.3 Å². The quantitative estimate of drug-likeness (QED) is 0.902. The molecule has 1 aliphatic heterocycles. The van der Waals surface area contributed by atoms with Gasteiger partial charge in [-0.25, -0.2) is 4.98 Å². The molecule has 0 amide bonds. The second kappa shape index (κ2) is 6.32. The molecule has 116 valence electrons. The van der Waals surface area contributed by atoms with Gasteiger partial charge in [0.1, 0.15) is 0 Å². The summed E-state index contributed by atoms with van der Waals surface area (Å²) in [6, 6.07) is 5.40. The summed E-state index contributed by atoms with van der Waals surface area (Å²) in [6.45, 7) is 7.80. The van der Waals surface area contributed by atoms with Gasteiger partial charge in [0.15, 0.2) is 0 Å². The van der Waals surface area contributed by atoms with Crippen molar-refractivity contribution in [2.24, 2.45) is 11.8 Å². The average Bonchev–Trinajstić information content (AvgIpc) is 3.32. The molecule has 4 nitrogen and oxygen atoms in total. The first-order valence-electron chi connectivity index (χ1n) is 8.14. The number of pyridine rings is 1. The number of piperazine rings is 1. The molecule has 0 spiro atoms. The third kappa shape index (κ3) is 3.38. The van der Waals surface area contributed by atoms with Gasteiger partial charge in [0.05, 0.1) is 7.11 Å². The molecule has 2 aliphatic rings. The van der Waals surface area contributed by atoms with Gasteiger partial charge in [-0.15, -0.1) is 0 Å². The number of nitrogens with zero attached hydrogens (tertiary/aromatic N) is 2. The van der Waals surface area contributed by atoms with E-state index in [0.717, 1.165) is 31.4 Å². The molecule has 1 saturated heterocycles. The summed E-state index contributed by atoms with van der Waals surface area (Å²) in [4.78, 5) is 6.99. The van der Waals surface area contributed by atoms with Gasteiger partial charge >= 0.3 is 0 Å². The topological polar surface area (TPSA) is 37.4 Å². The van der Waals surface area contributed by atoms with Crippen LogP contribution in [-0.2, 0) is 6.54 Å². The Kier molecular flexibility index (Phi) is 4.45. The number of methoxy groups -OCH3 is 1. The first kappa shape index (κ1) is 14.8. The zero-order valence-electron chi connectivity index (χ0n) is 13.4. The molecule has 2 fully saturated rings. The van der Waals surface area contributed by atoms with E-state index in [4.69, 9.17) is 4.74 Å². The first-order chi connectivity index (χ1) is 10.2. The summed E-state index contributed by atoms with van der Waals surface area (Å²) in [5.74, 6) is 2.32. The van der Waals surface area contributed by atoms with E-state index in [2.05, 4.69) is 35.1 Å². The third-order valence-corrected chi connectivity index (χ3v) is 4.88. The summed E-state index contributed by atoms with van der Waals surface area (Å²) in [5, 5.41) is 3.75. The van der Waals surface area contributed by atoms with Crippen molar-refractivity contribution in [1.29, 1.82) is 0 Å². The second-order valence-corrected chi connectivity index (χ2v) is 6.76. The second-order valence-electron chi connectivity index (χ2n) is 6.76. The van der Waals surface area contributed by atoms with E-state index in [0.29, 0.717) is 18.0 Å². The summed E-state index contributed by atoms with van der Waals surface area (Å²) in [7, 11) is 1.71. The molecule has 21 heavy (non-hydrogen) atoms. The lowest BCUT2D eigenvalue weighted by molar-refractivity contribution is 0.0916. The minimum Gasteiger partial charge on any atom is -0.481 e. The van der Waals surface area contributed by atoms with Gasteiger partial charge in [0.2, 0.25) is 5.88 Å². The van der Waals surface area contributed by atoms with E-state index >= 15 is 0 Å². The van der Waals surface area contributed by atoms with Crippen LogP contribution in [0.25, 0.3) is 0 Å². The molecule has 3 rings (SSSR count). The number of aromatic nitrogens is 1. The highest BCUT2D eigenvalue weighted by Gasteiger charge is 2.39. The largest absolute Gasteiger partial charge is 0.481 e. The van der Waals surface area contributed by atoms with Crippen molar-refractivity contribution in [2.75, 3.05) is 20.2 Å². The van der Waals surface area contributed by atoms with Crippen LogP contribution in [0.1, 0.15) is 32.3 Å². The smallest absolute Gasteiger partial charge is 0.217 e. The highest BCUT2D eigenvalue weighted by atomic mass is 16.5. The molecule has 0 radical (unpaired) electrons. The van der Waals surface area contributed by atoms with Gasteiger partial charge in [-0.1, -0.05) is 19.9 Å². The maximum absolute atomic E-state index is 5.42. The summed E-state index contributed by atoms with van der Waals surface area (Å²) >= 11 is 0. The van der Waals surface area contributed by atoms with Crippen molar-refractivity contribution in [3.8, 4) is 5.88 Å². The third-order valence-electron chi connectivity index (χ3n) is 4.88. The Bertz CT molecular complexity index is 473. The van der Waals surface area contributed by atoms with Crippen LogP contribution < -0.4 is 10.1 Å². The maximum atomic E-state index is 5.42. The fourth-order valence-electron chi connectivity index (χ4n) is 3.37. The number of nitrogens with one attached hydrogen (secondary N) is 1. The van der Waals surface area contributed by atoms with Crippen LogP contribution in [0.5, 0.6) is 5.88 Å². The van der Waals surface area contributed by atoms with E-state index in [-0.39, 0.29) is 0 Å². The molecule has 0 aromatic carbocycles. The van der Waals surface area contributed by atoms with Gasteiger partial charge in [0.25, 0.3) is 0 Å². The first-order valence-corrected chi connectivity index (χ1v) is 8.14. The lowest BCUT2D eigenvalue weighted by atomic mass is 9.97. The molecule has 1 aliphatic carbocycles. The Morgan fingerprint density at radius 3 is 2.90 bits per heavy atom. The van der Waals surface area contributed by atoms with E-state index in [1.165, 1.54) is 18.4 Å². The Morgan fingerprint density at radius 2 is 2.24 bits per heavy atom. The van der Waals surface area contributed by atoms with Crippen LogP contribution in [0.3, 0.4) is 0 Å². The zero-order valence-corrected chi connectivity index (χ0v) is 13.4. The lowest BCUT2D eigenvalue weighted by Gasteiger charge is -2.42. The average molecular weight is 289 g/mol. The van der Waals surface area contributed by atoms with Crippen LogP contribution in [0.15, 0.2) is 18.3 Å². The molecule has 1 N–H and O–H groups in total. The highest BCUT2D eigenvalue weighted by Crippen LogP contribution is 2.37. The van der Waals surface area contributed by atoms with Gasteiger partial charge < -0.3 is 10.1 Å². The van der Waals surface area contributed by atoms with Crippen molar-refractivity contribution >= 4 is 0 Å². The minimum absolute atomic E-state index is 0.586. The molecular formula is C17H27N3O. The monoisotopic (exact) mass is 289 g/mol. The van der Waals surface area contributed by atoms with Crippen LogP contribution in [0, 0.1) is 11.8 Å². The van der Waals surface area contributed by atoms with Crippen molar-refractivity contribution in [2.45, 2.75) is 45.3 Å². The number of rotatable bonds is 5. The van der Waals surface area contributed by atoms with Crippen molar-refractivity contribution in [3.63, 3.8) is 0 Å². The molecule has 1 aromatic rings. The summed E-state index contributed by atoms with van der Waals surface area (Å²) < 4.78 is 5.42. The Balaban J connectivity index is 1.75. The number of hydrogen-bond acceptors (Lipinski definition) is 4. The van der Waals surface area contributed by atoms with Gasteiger partial charge in [-0.2, -0.15) is 0 Å². The van der Waals surface area contributed by atoms with Crippen molar-refractivity contribution in [3.05, 3.63) is 23.9 Å². The van der Waals surface area contributed by atoms with Gasteiger partial charge in [-0.3, -0.25) is 4.90 Å². The maximum Gasteiger partial charge on any atom is 0.217 e. The van der Waals surface area contributed by atoms with Crippen LogP contribution in [0.2, 0.25) is 0 Å². The molecule has 4 heteroatoms. The zero-order chi connectivity index (χ0) is 14.8. The van der Waals surface area contributed by atoms with Gasteiger partial charge in [0, 0.05) is 43.5 Å². The highest BCUT2D eigenvalue weighted by molar-refractivity contribution is 5.25. The van der Waals surface area contributed by atoms with E-state index in [9.17, 15) is 0 Å². The molecule has 2 unspecified atom stereocenters. The SMILES string of the molecule is COc1ncccc1CN1CC(C(C)C)NCC1C1CC1. The van der Waals surface area contributed by atoms with Gasteiger partial charge in [-0.05, 0) is 30.7 Å².